The van der Waals surface area contributed by atoms with Gasteiger partial charge in [-0.15, -0.1) is 0 Å². The molecule has 0 saturated carbocycles. The first kappa shape index (κ1) is 4.69. The van der Waals surface area contributed by atoms with E-state index in [4.69, 9.17) is 4.74 Å². The van der Waals surface area contributed by atoms with Crippen molar-refractivity contribution in [1.82, 2.24) is 0 Å². The Balaban J connectivity index is 2.22. The third-order valence-electron chi connectivity index (χ3n) is 1.22. The van der Waals surface area contributed by atoms with Crippen molar-refractivity contribution in [3.05, 3.63) is 12.3 Å². The molecular weight excluding hydrogens is 88.1 g/mol. The van der Waals surface area contributed by atoms with Gasteiger partial charge in [-0.3, -0.25) is 0 Å². The summed E-state index contributed by atoms with van der Waals surface area (Å²) in [5.74, 6) is 0. The van der Waals surface area contributed by atoms with Gasteiger partial charge in [0.05, 0.1) is 6.26 Å². The van der Waals surface area contributed by atoms with Crippen molar-refractivity contribution >= 4 is 0 Å². The lowest BCUT2D eigenvalue weighted by molar-refractivity contribution is 0.166. The second-order valence-corrected chi connectivity index (χ2v) is 1.77. The number of rotatable bonds is 1. The van der Waals surface area contributed by atoms with Gasteiger partial charge in [0.2, 0.25) is 0 Å². The SMILES string of the molecule is CCC1CC=CO1. The minimum absolute atomic E-state index is 0.486. The van der Waals surface area contributed by atoms with Gasteiger partial charge in [0.1, 0.15) is 6.10 Å². The fourth-order valence-electron chi connectivity index (χ4n) is 0.692. The summed E-state index contributed by atoms with van der Waals surface area (Å²) in [4.78, 5) is 0. The Kier molecular flexibility index (Phi) is 1.35. The van der Waals surface area contributed by atoms with Crippen LogP contribution < -0.4 is 0 Å². The average molecular weight is 98.1 g/mol. The van der Waals surface area contributed by atoms with Crippen molar-refractivity contribution in [2.24, 2.45) is 0 Å². The molecule has 0 bridgehead atoms. The molecule has 0 spiro atoms. The minimum Gasteiger partial charge on any atom is -0.498 e. The van der Waals surface area contributed by atoms with Crippen molar-refractivity contribution in [3.63, 3.8) is 0 Å². The van der Waals surface area contributed by atoms with Crippen LogP contribution in [0.5, 0.6) is 0 Å². The van der Waals surface area contributed by atoms with Crippen molar-refractivity contribution in [2.45, 2.75) is 25.9 Å². The van der Waals surface area contributed by atoms with E-state index < -0.39 is 0 Å². The molecule has 0 aromatic carbocycles. The molecule has 1 unspecified atom stereocenters. The fraction of sp³-hybridized carbons (Fsp3) is 0.667. The van der Waals surface area contributed by atoms with Crippen LogP contribution in [0.3, 0.4) is 0 Å². The highest BCUT2D eigenvalue weighted by Gasteiger charge is 2.05. The van der Waals surface area contributed by atoms with E-state index in [-0.39, 0.29) is 0 Å². The van der Waals surface area contributed by atoms with E-state index in [1.807, 2.05) is 0 Å². The van der Waals surface area contributed by atoms with E-state index in [0.29, 0.717) is 6.10 Å². The number of hydrogen-bond acceptors (Lipinski definition) is 1. The molecule has 1 heteroatoms. The zero-order chi connectivity index (χ0) is 5.11. The molecule has 0 radical (unpaired) electrons. The molecule has 7 heavy (non-hydrogen) atoms. The number of hydrogen-bond donors (Lipinski definition) is 0. The van der Waals surface area contributed by atoms with Crippen LogP contribution in [0.2, 0.25) is 0 Å². The van der Waals surface area contributed by atoms with Crippen LogP contribution in [0, 0.1) is 0 Å². The van der Waals surface area contributed by atoms with Crippen molar-refractivity contribution in [1.29, 1.82) is 0 Å². The predicted molar refractivity (Wildman–Crippen MR) is 28.9 cm³/mol. The first-order valence-electron chi connectivity index (χ1n) is 2.74. The zero-order valence-electron chi connectivity index (χ0n) is 4.55. The average Bonchev–Trinajstić information content (AvgIpc) is 2.14. The van der Waals surface area contributed by atoms with Crippen LogP contribution in [0.25, 0.3) is 0 Å². The molecular formula is C6H10O. The summed E-state index contributed by atoms with van der Waals surface area (Å²) in [6.45, 7) is 2.14. The summed E-state index contributed by atoms with van der Waals surface area (Å²) in [5, 5.41) is 0. The number of ether oxygens (including phenoxy) is 1. The van der Waals surface area contributed by atoms with Crippen LogP contribution in [0.4, 0.5) is 0 Å². The molecule has 40 valence electrons. The molecule has 1 nitrogen and oxygen atoms in total. The van der Waals surface area contributed by atoms with Gasteiger partial charge in [0, 0.05) is 6.42 Å². The maximum Gasteiger partial charge on any atom is 0.101 e. The first-order valence-corrected chi connectivity index (χ1v) is 2.74. The van der Waals surface area contributed by atoms with Crippen LogP contribution in [0.1, 0.15) is 19.8 Å². The van der Waals surface area contributed by atoms with E-state index in [1.54, 1.807) is 6.26 Å². The van der Waals surface area contributed by atoms with Crippen molar-refractivity contribution in [3.8, 4) is 0 Å². The Morgan fingerprint density at radius 2 is 2.71 bits per heavy atom. The molecule has 1 aliphatic rings. The normalized spacial score (nSPS) is 27.9. The van der Waals surface area contributed by atoms with Gasteiger partial charge in [-0.05, 0) is 12.5 Å². The van der Waals surface area contributed by atoms with Gasteiger partial charge in [-0.25, -0.2) is 0 Å². The molecule has 0 amide bonds. The molecule has 0 N–H and O–H groups in total. The molecule has 1 heterocycles. The molecule has 1 rings (SSSR count). The van der Waals surface area contributed by atoms with E-state index in [9.17, 15) is 0 Å². The van der Waals surface area contributed by atoms with Crippen LogP contribution in [0.15, 0.2) is 12.3 Å². The molecule has 0 aromatic heterocycles. The molecule has 0 aromatic rings. The maximum atomic E-state index is 5.12. The lowest BCUT2D eigenvalue weighted by Gasteiger charge is -2.03. The lowest BCUT2D eigenvalue weighted by atomic mass is 10.2. The second-order valence-electron chi connectivity index (χ2n) is 1.77. The zero-order valence-corrected chi connectivity index (χ0v) is 4.55. The maximum absolute atomic E-state index is 5.12. The van der Waals surface area contributed by atoms with E-state index in [1.165, 1.54) is 0 Å². The van der Waals surface area contributed by atoms with E-state index in [0.717, 1.165) is 12.8 Å². The highest BCUT2D eigenvalue weighted by Crippen LogP contribution is 2.10. The van der Waals surface area contributed by atoms with Gasteiger partial charge < -0.3 is 4.74 Å². The Morgan fingerprint density at radius 3 is 3.00 bits per heavy atom. The third-order valence-corrected chi connectivity index (χ3v) is 1.22. The monoisotopic (exact) mass is 98.1 g/mol. The summed E-state index contributed by atoms with van der Waals surface area (Å²) >= 11 is 0. The Labute approximate surface area is 44.0 Å². The Bertz CT molecular complexity index is 68.2. The van der Waals surface area contributed by atoms with Crippen LogP contribution in [-0.4, -0.2) is 6.10 Å². The Hall–Kier alpha value is -0.460. The fourth-order valence-corrected chi connectivity index (χ4v) is 0.692. The van der Waals surface area contributed by atoms with Gasteiger partial charge in [-0.2, -0.15) is 0 Å². The summed E-state index contributed by atoms with van der Waals surface area (Å²) in [6, 6.07) is 0. The smallest absolute Gasteiger partial charge is 0.101 e. The highest BCUT2D eigenvalue weighted by atomic mass is 16.5. The minimum atomic E-state index is 0.486. The van der Waals surface area contributed by atoms with Crippen LogP contribution in [-0.2, 0) is 4.74 Å². The largest absolute Gasteiger partial charge is 0.498 e. The summed E-state index contributed by atoms with van der Waals surface area (Å²) in [7, 11) is 0. The molecule has 1 atom stereocenters. The first-order chi connectivity index (χ1) is 3.43. The van der Waals surface area contributed by atoms with Gasteiger partial charge in [0.15, 0.2) is 0 Å². The van der Waals surface area contributed by atoms with Gasteiger partial charge >= 0.3 is 0 Å². The summed E-state index contributed by atoms with van der Waals surface area (Å²) in [5.41, 5.74) is 0. The van der Waals surface area contributed by atoms with Crippen molar-refractivity contribution < 1.29 is 4.74 Å². The topological polar surface area (TPSA) is 9.23 Å². The van der Waals surface area contributed by atoms with E-state index >= 15 is 0 Å². The van der Waals surface area contributed by atoms with Crippen LogP contribution >= 0.6 is 0 Å². The van der Waals surface area contributed by atoms with Gasteiger partial charge in [-0.1, -0.05) is 6.92 Å². The summed E-state index contributed by atoms with van der Waals surface area (Å²) in [6.07, 6.45) is 6.58. The molecule has 0 aliphatic carbocycles. The van der Waals surface area contributed by atoms with Gasteiger partial charge in [0.25, 0.3) is 0 Å². The molecule has 0 fully saturated rings. The van der Waals surface area contributed by atoms with E-state index in [2.05, 4.69) is 13.0 Å². The standard InChI is InChI=1S/C6H10O/c1-2-6-4-3-5-7-6/h3,5-6H,2,4H2,1H3. The quantitative estimate of drug-likeness (QED) is 0.485. The Morgan fingerprint density at radius 1 is 1.86 bits per heavy atom. The van der Waals surface area contributed by atoms with Crippen molar-refractivity contribution in [2.75, 3.05) is 0 Å². The third kappa shape index (κ3) is 0.952. The second kappa shape index (κ2) is 2.01. The molecule has 0 saturated heterocycles. The molecule has 1 aliphatic heterocycles. The summed E-state index contributed by atoms with van der Waals surface area (Å²) < 4.78 is 5.12. The predicted octanol–water partition coefficient (Wildman–Crippen LogP) is 1.70. The highest BCUT2D eigenvalue weighted by molar-refractivity contribution is 4.85. The lowest BCUT2D eigenvalue weighted by Crippen LogP contribution is -2.00.